The van der Waals surface area contributed by atoms with Crippen LogP contribution >= 0.6 is 11.3 Å². The van der Waals surface area contributed by atoms with Crippen LogP contribution < -0.4 is 10.6 Å². The molecule has 0 spiro atoms. The van der Waals surface area contributed by atoms with Gasteiger partial charge in [0.15, 0.2) is 5.13 Å². The summed E-state index contributed by atoms with van der Waals surface area (Å²) >= 11 is 1.35. The minimum Gasteiger partial charge on any atom is -0.481 e. The van der Waals surface area contributed by atoms with Crippen LogP contribution in [0, 0.1) is 6.92 Å². The van der Waals surface area contributed by atoms with Crippen molar-refractivity contribution in [2.24, 2.45) is 0 Å². The summed E-state index contributed by atoms with van der Waals surface area (Å²) in [5, 5.41) is 16.7. The second-order valence-electron chi connectivity index (χ2n) is 5.21. The van der Waals surface area contributed by atoms with Gasteiger partial charge in [-0.25, -0.2) is 9.78 Å². The third-order valence-corrected chi connectivity index (χ3v) is 4.08. The summed E-state index contributed by atoms with van der Waals surface area (Å²) in [5.41, 5.74) is 1.89. The van der Waals surface area contributed by atoms with Crippen molar-refractivity contribution < 1.29 is 14.7 Å². The zero-order valence-corrected chi connectivity index (χ0v) is 13.6. The number of urea groups is 1. The van der Waals surface area contributed by atoms with E-state index in [4.69, 9.17) is 5.11 Å². The quantitative estimate of drug-likeness (QED) is 0.726. The largest absolute Gasteiger partial charge is 0.481 e. The van der Waals surface area contributed by atoms with Gasteiger partial charge in [0.05, 0.1) is 5.69 Å². The molecule has 2 amide bonds. The Labute approximate surface area is 138 Å². The number of aryl methyl sites for hydroxylation is 1. The molecule has 0 bridgehead atoms. The number of hydrogen-bond acceptors (Lipinski definition) is 4. The first kappa shape index (κ1) is 17.0. The first-order chi connectivity index (χ1) is 11.0. The molecule has 0 saturated heterocycles. The highest BCUT2D eigenvalue weighted by Gasteiger charge is 2.15. The molecular formula is C16H19N3O3S. The topological polar surface area (TPSA) is 91.3 Å². The number of rotatable bonds is 7. The van der Waals surface area contributed by atoms with Crippen LogP contribution in [0.4, 0.5) is 9.93 Å². The van der Waals surface area contributed by atoms with Gasteiger partial charge >= 0.3 is 12.0 Å². The maximum atomic E-state index is 12.1. The molecule has 1 unspecified atom stereocenters. The van der Waals surface area contributed by atoms with Crippen LogP contribution in [0.3, 0.4) is 0 Å². The number of carboxylic acids is 1. The van der Waals surface area contributed by atoms with Crippen LogP contribution in [0.1, 0.15) is 24.1 Å². The highest BCUT2D eigenvalue weighted by molar-refractivity contribution is 7.13. The molecule has 2 rings (SSSR count). The summed E-state index contributed by atoms with van der Waals surface area (Å²) in [5.74, 6) is -0.874. The summed E-state index contributed by atoms with van der Waals surface area (Å²) in [7, 11) is 0. The number of thiazole rings is 1. The molecule has 0 aliphatic carbocycles. The Morgan fingerprint density at radius 1 is 1.30 bits per heavy atom. The molecule has 6 nitrogen and oxygen atoms in total. The Hall–Kier alpha value is -2.41. The molecule has 0 fully saturated rings. The summed E-state index contributed by atoms with van der Waals surface area (Å²) in [4.78, 5) is 27.0. The number of aliphatic carboxylic acids is 1. The van der Waals surface area contributed by atoms with Crippen LogP contribution in [-0.2, 0) is 11.2 Å². The zero-order valence-electron chi connectivity index (χ0n) is 12.8. The SMILES string of the molecule is Cc1csc(NC(=O)NC(CCC(=O)O)Cc2ccccc2)n1. The molecule has 0 aliphatic rings. The Bertz CT molecular complexity index is 658. The molecule has 0 saturated carbocycles. The molecule has 1 aromatic heterocycles. The molecule has 1 aromatic carbocycles. The van der Waals surface area contributed by atoms with Crippen LogP contribution in [0.2, 0.25) is 0 Å². The summed E-state index contributed by atoms with van der Waals surface area (Å²) < 4.78 is 0. The van der Waals surface area contributed by atoms with E-state index in [2.05, 4.69) is 15.6 Å². The van der Waals surface area contributed by atoms with Crippen molar-refractivity contribution in [1.82, 2.24) is 10.3 Å². The molecule has 122 valence electrons. The van der Waals surface area contributed by atoms with Gasteiger partial charge in [-0.2, -0.15) is 0 Å². The van der Waals surface area contributed by atoms with Crippen molar-refractivity contribution in [3.05, 3.63) is 47.0 Å². The number of amides is 2. The molecule has 1 heterocycles. The lowest BCUT2D eigenvalue weighted by atomic mass is 10.0. The van der Waals surface area contributed by atoms with Crippen molar-refractivity contribution in [2.75, 3.05) is 5.32 Å². The van der Waals surface area contributed by atoms with Gasteiger partial charge in [0, 0.05) is 17.8 Å². The van der Waals surface area contributed by atoms with E-state index in [0.717, 1.165) is 11.3 Å². The van der Waals surface area contributed by atoms with E-state index >= 15 is 0 Å². The molecule has 2 aromatic rings. The van der Waals surface area contributed by atoms with Gasteiger partial charge < -0.3 is 10.4 Å². The number of nitrogens with one attached hydrogen (secondary N) is 2. The molecule has 0 aliphatic heterocycles. The highest BCUT2D eigenvalue weighted by Crippen LogP contribution is 2.14. The van der Waals surface area contributed by atoms with Crippen molar-refractivity contribution in [3.63, 3.8) is 0 Å². The van der Waals surface area contributed by atoms with Crippen LogP contribution in [0.15, 0.2) is 35.7 Å². The standard InChI is InChI=1S/C16H19N3O3S/c1-11-10-23-16(17-11)19-15(22)18-13(7-8-14(20)21)9-12-5-3-2-4-6-12/h2-6,10,13H,7-9H2,1H3,(H,20,21)(H2,17,18,19,22). The van der Waals surface area contributed by atoms with Gasteiger partial charge in [0.25, 0.3) is 0 Å². The minimum atomic E-state index is -0.874. The fraction of sp³-hybridized carbons (Fsp3) is 0.312. The number of carboxylic acid groups (broad SMARTS) is 1. The van der Waals surface area contributed by atoms with Crippen LogP contribution in [0.25, 0.3) is 0 Å². The van der Waals surface area contributed by atoms with E-state index in [1.54, 1.807) is 0 Å². The second kappa shape index (κ2) is 8.28. The maximum Gasteiger partial charge on any atom is 0.321 e. The summed E-state index contributed by atoms with van der Waals surface area (Å²) in [6.45, 7) is 1.85. The molecule has 3 N–H and O–H groups in total. The van der Waals surface area contributed by atoms with Gasteiger partial charge in [-0.05, 0) is 25.3 Å². The number of benzene rings is 1. The number of carbonyl (C=O) groups is 2. The second-order valence-corrected chi connectivity index (χ2v) is 6.07. The van der Waals surface area contributed by atoms with E-state index in [1.807, 2.05) is 42.6 Å². The Kier molecular flexibility index (Phi) is 6.10. The van der Waals surface area contributed by atoms with Gasteiger partial charge in [-0.15, -0.1) is 11.3 Å². The van der Waals surface area contributed by atoms with Gasteiger partial charge in [0.1, 0.15) is 0 Å². The average Bonchev–Trinajstić information content (AvgIpc) is 2.90. The van der Waals surface area contributed by atoms with Crippen LogP contribution in [0.5, 0.6) is 0 Å². The fourth-order valence-electron chi connectivity index (χ4n) is 2.15. The first-order valence-electron chi connectivity index (χ1n) is 7.28. The van der Waals surface area contributed by atoms with E-state index < -0.39 is 5.97 Å². The molecular weight excluding hydrogens is 314 g/mol. The number of nitrogens with zero attached hydrogens (tertiary/aromatic N) is 1. The number of aromatic nitrogens is 1. The smallest absolute Gasteiger partial charge is 0.321 e. The van der Waals surface area contributed by atoms with E-state index in [1.165, 1.54) is 11.3 Å². The van der Waals surface area contributed by atoms with Crippen molar-refractivity contribution in [1.29, 1.82) is 0 Å². The van der Waals surface area contributed by atoms with E-state index in [0.29, 0.717) is 18.0 Å². The fourth-order valence-corrected chi connectivity index (χ4v) is 2.83. The monoisotopic (exact) mass is 333 g/mol. The summed E-state index contributed by atoms with van der Waals surface area (Å²) in [6.07, 6.45) is 0.959. The lowest BCUT2D eigenvalue weighted by Crippen LogP contribution is -2.39. The van der Waals surface area contributed by atoms with E-state index in [-0.39, 0.29) is 18.5 Å². The highest BCUT2D eigenvalue weighted by atomic mass is 32.1. The maximum absolute atomic E-state index is 12.1. The minimum absolute atomic E-state index is 0.00808. The Balaban J connectivity index is 1.95. The van der Waals surface area contributed by atoms with Gasteiger partial charge in [0.2, 0.25) is 0 Å². The third-order valence-electron chi connectivity index (χ3n) is 3.21. The predicted octanol–water partition coefficient (Wildman–Crippen LogP) is 3.05. The van der Waals surface area contributed by atoms with Crippen molar-refractivity contribution in [3.8, 4) is 0 Å². The lowest BCUT2D eigenvalue weighted by molar-refractivity contribution is -0.137. The Morgan fingerprint density at radius 2 is 2.04 bits per heavy atom. The number of carbonyl (C=O) groups excluding carboxylic acids is 1. The summed E-state index contributed by atoms with van der Waals surface area (Å²) in [6, 6.07) is 9.04. The first-order valence-corrected chi connectivity index (χ1v) is 8.16. The van der Waals surface area contributed by atoms with Gasteiger partial charge in [-0.3, -0.25) is 10.1 Å². The average molecular weight is 333 g/mol. The predicted molar refractivity (Wildman–Crippen MR) is 89.8 cm³/mol. The Morgan fingerprint density at radius 3 is 2.65 bits per heavy atom. The number of anilines is 1. The molecule has 7 heteroatoms. The van der Waals surface area contributed by atoms with E-state index in [9.17, 15) is 9.59 Å². The van der Waals surface area contributed by atoms with Crippen molar-refractivity contribution in [2.45, 2.75) is 32.2 Å². The molecule has 0 radical (unpaired) electrons. The molecule has 23 heavy (non-hydrogen) atoms. The van der Waals surface area contributed by atoms with Crippen molar-refractivity contribution >= 4 is 28.5 Å². The molecule has 1 atom stereocenters. The van der Waals surface area contributed by atoms with Crippen LogP contribution in [-0.4, -0.2) is 28.1 Å². The normalized spacial score (nSPS) is 11.7. The number of hydrogen-bond donors (Lipinski definition) is 3. The van der Waals surface area contributed by atoms with Gasteiger partial charge in [-0.1, -0.05) is 30.3 Å². The zero-order chi connectivity index (χ0) is 16.7. The lowest BCUT2D eigenvalue weighted by Gasteiger charge is -2.18. The third kappa shape index (κ3) is 6.07.